The third-order valence-corrected chi connectivity index (χ3v) is 3.41. The van der Waals surface area contributed by atoms with Gasteiger partial charge in [-0.1, -0.05) is 19.1 Å². The molecule has 0 radical (unpaired) electrons. The largest absolute Gasteiger partial charge is 0.309 e. The van der Waals surface area contributed by atoms with E-state index in [0.29, 0.717) is 22.6 Å². The normalized spacial score (nSPS) is 13.1. The molecule has 1 atom stereocenters. The molecule has 0 saturated heterocycles. The van der Waals surface area contributed by atoms with Crippen LogP contribution >= 0.6 is 15.9 Å². The molecule has 0 saturated carbocycles. The fourth-order valence-electron chi connectivity index (χ4n) is 1.63. The zero-order chi connectivity index (χ0) is 12.8. The van der Waals surface area contributed by atoms with Gasteiger partial charge in [0.25, 0.3) is 0 Å². The Hall–Kier alpha value is -0.450. The molecule has 1 rings (SSSR count). The molecule has 17 heavy (non-hydrogen) atoms. The molecule has 0 heterocycles. The number of hydrogen-bond donors (Lipinski definition) is 1. The second-order valence-electron chi connectivity index (χ2n) is 4.35. The number of rotatable bonds is 6. The summed E-state index contributed by atoms with van der Waals surface area (Å²) in [4.78, 5) is 2.23. The molecule has 4 heteroatoms. The maximum Gasteiger partial charge on any atom is 0.141 e. The van der Waals surface area contributed by atoms with Gasteiger partial charge in [-0.15, -0.1) is 0 Å². The van der Waals surface area contributed by atoms with Crippen molar-refractivity contribution in [2.24, 2.45) is 0 Å². The van der Waals surface area contributed by atoms with Gasteiger partial charge in [-0.05, 0) is 42.5 Å². The summed E-state index contributed by atoms with van der Waals surface area (Å²) in [5.41, 5.74) is 0.699. The monoisotopic (exact) mass is 302 g/mol. The van der Waals surface area contributed by atoms with Crippen molar-refractivity contribution in [1.29, 1.82) is 0 Å². The fraction of sp³-hybridized carbons (Fsp3) is 0.538. The summed E-state index contributed by atoms with van der Waals surface area (Å²) in [6, 6.07) is 5.72. The van der Waals surface area contributed by atoms with E-state index in [0.717, 1.165) is 13.1 Å². The topological polar surface area (TPSA) is 15.3 Å². The van der Waals surface area contributed by atoms with Gasteiger partial charge in [-0.25, -0.2) is 4.39 Å². The Labute approximate surface area is 111 Å². The van der Waals surface area contributed by atoms with Crippen LogP contribution < -0.4 is 5.32 Å². The van der Waals surface area contributed by atoms with Gasteiger partial charge in [-0.2, -0.15) is 0 Å². The van der Waals surface area contributed by atoms with E-state index in [-0.39, 0.29) is 5.82 Å². The molecular formula is C13H20BrFN2. The maximum absolute atomic E-state index is 13.7. The molecule has 1 unspecified atom stereocenters. The predicted molar refractivity (Wildman–Crippen MR) is 73.6 cm³/mol. The molecular weight excluding hydrogens is 283 g/mol. The van der Waals surface area contributed by atoms with Crippen molar-refractivity contribution in [3.8, 4) is 0 Å². The second kappa shape index (κ2) is 7.09. The molecule has 1 N–H and O–H groups in total. The SMILES string of the molecule is CCN(C)CC(C)NCc1cccc(Br)c1F. The van der Waals surface area contributed by atoms with Crippen LogP contribution in [0.2, 0.25) is 0 Å². The first-order valence-corrected chi connectivity index (χ1v) is 6.68. The minimum absolute atomic E-state index is 0.170. The number of hydrogen-bond acceptors (Lipinski definition) is 2. The predicted octanol–water partition coefficient (Wildman–Crippen LogP) is 3.02. The second-order valence-corrected chi connectivity index (χ2v) is 5.20. The van der Waals surface area contributed by atoms with Crippen molar-refractivity contribution in [3.63, 3.8) is 0 Å². The first kappa shape index (κ1) is 14.6. The third kappa shape index (κ3) is 4.74. The molecule has 96 valence electrons. The Kier molecular flexibility index (Phi) is 6.09. The molecule has 1 aromatic carbocycles. The molecule has 0 fully saturated rings. The van der Waals surface area contributed by atoms with Crippen molar-refractivity contribution in [3.05, 3.63) is 34.1 Å². The fourth-order valence-corrected chi connectivity index (χ4v) is 2.04. The van der Waals surface area contributed by atoms with E-state index in [4.69, 9.17) is 0 Å². The van der Waals surface area contributed by atoms with Crippen molar-refractivity contribution < 1.29 is 4.39 Å². The van der Waals surface area contributed by atoms with Gasteiger partial charge < -0.3 is 10.2 Å². The summed E-state index contributed by atoms with van der Waals surface area (Å²) < 4.78 is 14.2. The van der Waals surface area contributed by atoms with Gasteiger partial charge in [0.1, 0.15) is 5.82 Å². The molecule has 0 aromatic heterocycles. The number of nitrogens with one attached hydrogen (secondary N) is 1. The van der Waals surface area contributed by atoms with E-state index in [9.17, 15) is 4.39 Å². The summed E-state index contributed by atoms with van der Waals surface area (Å²) in [6.45, 7) is 6.79. The minimum atomic E-state index is -0.170. The highest BCUT2D eigenvalue weighted by molar-refractivity contribution is 9.10. The third-order valence-electron chi connectivity index (χ3n) is 2.80. The van der Waals surface area contributed by atoms with Crippen LogP contribution in [0.4, 0.5) is 4.39 Å². The Morgan fingerprint density at radius 3 is 2.82 bits per heavy atom. The highest BCUT2D eigenvalue weighted by Gasteiger charge is 2.08. The quantitative estimate of drug-likeness (QED) is 0.869. The van der Waals surface area contributed by atoms with Crippen molar-refractivity contribution in [2.75, 3.05) is 20.1 Å². The number of benzene rings is 1. The lowest BCUT2D eigenvalue weighted by atomic mass is 10.2. The first-order valence-electron chi connectivity index (χ1n) is 5.89. The van der Waals surface area contributed by atoms with Crippen molar-refractivity contribution >= 4 is 15.9 Å². The van der Waals surface area contributed by atoms with Crippen LogP contribution in [0.25, 0.3) is 0 Å². The van der Waals surface area contributed by atoms with Crippen LogP contribution in [-0.2, 0) is 6.54 Å². The van der Waals surface area contributed by atoms with Gasteiger partial charge in [0.2, 0.25) is 0 Å². The molecule has 1 aromatic rings. The average molecular weight is 303 g/mol. The summed E-state index contributed by atoms with van der Waals surface area (Å²) in [5.74, 6) is -0.170. The minimum Gasteiger partial charge on any atom is -0.309 e. The smallest absolute Gasteiger partial charge is 0.141 e. The van der Waals surface area contributed by atoms with Crippen molar-refractivity contribution in [1.82, 2.24) is 10.2 Å². The van der Waals surface area contributed by atoms with E-state index >= 15 is 0 Å². The zero-order valence-corrected chi connectivity index (χ0v) is 12.2. The molecule has 0 bridgehead atoms. The van der Waals surface area contributed by atoms with E-state index in [1.165, 1.54) is 0 Å². The van der Waals surface area contributed by atoms with Crippen LogP contribution in [0.3, 0.4) is 0 Å². The Morgan fingerprint density at radius 1 is 1.47 bits per heavy atom. The summed E-state index contributed by atoms with van der Waals surface area (Å²) in [7, 11) is 2.08. The Morgan fingerprint density at radius 2 is 2.18 bits per heavy atom. The molecule has 0 aliphatic rings. The first-order chi connectivity index (χ1) is 8.04. The zero-order valence-electron chi connectivity index (χ0n) is 10.6. The molecule has 2 nitrogen and oxygen atoms in total. The van der Waals surface area contributed by atoms with Crippen molar-refractivity contribution in [2.45, 2.75) is 26.4 Å². The van der Waals surface area contributed by atoms with E-state index in [1.807, 2.05) is 12.1 Å². The van der Waals surface area contributed by atoms with Gasteiger partial charge >= 0.3 is 0 Å². The molecule has 0 aliphatic heterocycles. The highest BCUT2D eigenvalue weighted by Crippen LogP contribution is 2.18. The Bertz CT molecular complexity index is 357. The van der Waals surface area contributed by atoms with Gasteiger partial charge in [-0.3, -0.25) is 0 Å². The molecule has 0 aliphatic carbocycles. The highest BCUT2D eigenvalue weighted by atomic mass is 79.9. The van der Waals surface area contributed by atoms with Gasteiger partial charge in [0, 0.05) is 24.7 Å². The summed E-state index contributed by atoms with van der Waals surface area (Å²) in [6.07, 6.45) is 0. The van der Waals surface area contributed by atoms with Crippen LogP contribution in [-0.4, -0.2) is 31.1 Å². The maximum atomic E-state index is 13.7. The number of likely N-dealkylation sites (N-methyl/N-ethyl adjacent to an activating group) is 1. The summed E-state index contributed by atoms with van der Waals surface area (Å²) >= 11 is 3.19. The standard InChI is InChI=1S/C13H20BrFN2/c1-4-17(3)9-10(2)16-8-11-6-5-7-12(14)13(11)15/h5-7,10,16H,4,8-9H2,1-3H3. The lowest BCUT2D eigenvalue weighted by Gasteiger charge is -2.20. The molecule has 0 spiro atoms. The van der Waals surface area contributed by atoms with Crippen LogP contribution in [0, 0.1) is 5.82 Å². The van der Waals surface area contributed by atoms with Crippen LogP contribution in [0.15, 0.2) is 22.7 Å². The molecule has 0 amide bonds. The van der Waals surface area contributed by atoms with E-state index in [1.54, 1.807) is 6.07 Å². The summed E-state index contributed by atoms with van der Waals surface area (Å²) in [5, 5.41) is 3.33. The van der Waals surface area contributed by atoms with Crippen LogP contribution in [0.1, 0.15) is 19.4 Å². The number of nitrogens with zero attached hydrogens (tertiary/aromatic N) is 1. The lowest BCUT2D eigenvalue weighted by Crippen LogP contribution is -2.37. The average Bonchev–Trinajstić information content (AvgIpc) is 2.31. The van der Waals surface area contributed by atoms with Crippen LogP contribution in [0.5, 0.6) is 0 Å². The lowest BCUT2D eigenvalue weighted by molar-refractivity contribution is 0.309. The number of halogens is 2. The Balaban J connectivity index is 2.47. The van der Waals surface area contributed by atoms with Gasteiger partial charge in [0.15, 0.2) is 0 Å². The van der Waals surface area contributed by atoms with E-state index in [2.05, 4.69) is 47.0 Å². The van der Waals surface area contributed by atoms with E-state index < -0.39 is 0 Å². The van der Waals surface area contributed by atoms with Gasteiger partial charge in [0.05, 0.1) is 4.47 Å².